The van der Waals surface area contributed by atoms with E-state index >= 15 is 0 Å². The van der Waals surface area contributed by atoms with E-state index < -0.39 is 28.0 Å². The van der Waals surface area contributed by atoms with E-state index in [9.17, 15) is 13.2 Å². The molecule has 0 amide bonds. The highest BCUT2D eigenvalue weighted by atomic mass is 32.2. The van der Waals surface area contributed by atoms with Gasteiger partial charge in [0.15, 0.2) is 0 Å². The van der Waals surface area contributed by atoms with Crippen molar-refractivity contribution in [1.82, 2.24) is 4.72 Å². The number of benzene rings is 1. The molecule has 1 aromatic rings. The monoisotopic (exact) mass is 285 g/mol. The van der Waals surface area contributed by atoms with E-state index in [1.165, 1.54) is 6.92 Å². The fraction of sp³-hybridized carbons (Fsp3) is 0.462. The van der Waals surface area contributed by atoms with Gasteiger partial charge in [-0.2, -0.15) is 0 Å². The third-order valence-corrected chi connectivity index (χ3v) is 4.48. The first-order valence-corrected chi connectivity index (χ1v) is 7.74. The first kappa shape index (κ1) is 15.7. The molecule has 2 N–H and O–H groups in total. The molecule has 2 atom stereocenters. The molecule has 0 aromatic heterocycles. The molecular weight excluding hydrogens is 266 g/mol. The summed E-state index contributed by atoms with van der Waals surface area (Å²) in [4.78, 5) is 10.8. The molecule has 0 heterocycles. The topological polar surface area (TPSA) is 83.5 Å². The zero-order valence-electron chi connectivity index (χ0n) is 11.0. The summed E-state index contributed by atoms with van der Waals surface area (Å²) in [6.45, 7) is 3.03. The van der Waals surface area contributed by atoms with Gasteiger partial charge in [0, 0.05) is 6.04 Å². The summed E-state index contributed by atoms with van der Waals surface area (Å²) in [7, 11) is -3.47. The van der Waals surface area contributed by atoms with Gasteiger partial charge in [-0.15, -0.1) is 0 Å². The number of rotatable bonds is 7. The van der Waals surface area contributed by atoms with Crippen molar-refractivity contribution in [3.63, 3.8) is 0 Å². The van der Waals surface area contributed by atoms with Crippen LogP contribution in [0.2, 0.25) is 0 Å². The Morgan fingerprint density at radius 3 is 2.37 bits per heavy atom. The van der Waals surface area contributed by atoms with Crippen molar-refractivity contribution in [1.29, 1.82) is 0 Å². The van der Waals surface area contributed by atoms with Crippen LogP contribution in [0, 0.1) is 5.92 Å². The van der Waals surface area contributed by atoms with Gasteiger partial charge in [0.25, 0.3) is 0 Å². The molecule has 0 radical (unpaired) electrons. The molecule has 0 fully saturated rings. The molecule has 0 bridgehead atoms. The van der Waals surface area contributed by atoms with E-state index in [2.05, 4.69) is 4.72 Å². The van der Waals surface area contributed by atoms with Gasteiger partial charge >= 0.3 is 5.97 Å². The van der Waals surface area contributed by atoms with Gasteiger partial charge in [0.2, 0.25) is 10.0 Å². The van der Waals surface area contributed by atoms with Crippen molar-refractivity contribution >= 4 is 16.0 Å². The largest absolute Gasteiger partial charge is 0.481 e. The lowest BCUT2D eigenvalue weighted by atomic mass is 10.1. The molecule has 0 spiro atoms. The van der Waals surface area contributed by atoms with Crippen molar-refractivity contribution in [2.45, 2.75) is 26.3 Å². The zero-order chi connectivity index (χ0) is 14.5. The Kier molecular flexibility index (Phi) is 5.50. The van der Waals surface area contributed by atoms with Crippen LogP contribution < -0.4 is 4.72 Å². The number of carbonyl (C=O) groups is 1. The first-order valence-electron chi connectivity index (χ1n) is 6.08. The summed E-state index contributed by atoms with van der Waals surface area (Å²) in [5.41, 5.74) is 0.937. The smallest absolute Gasteiger partial charge is 0.307 e. The molecule has 106 valence electrons. The van der Waals surface area contributed by atoms with Crippen LogP contribution in [-0.2, 0) is 21.2 Å². The fourth-order valence-corrected chi connectivity index (χ4v) is 2.95. The van der Waals surface area contributed by atoms with Crippen LogP contribution in [0.15, 0.2) is 30.3 Å². The van der Waals surface area contributed by atoms with Crippen LogP contribution in [0.1, 0.15) is 19.4 Å². The van der Waals surface area contributed by atoms with Gasteiger partial charge in [0.1, 0.15) is 0 Å². The molecule has 19 heavy (non-hydrogen) atoms. The zero-order valence-corrected chi connectivity index (χ0v) is 11.9. The maximum Gasteiger partial charge on any atom is 0.307 e. The van der Waals surface area contributed by atoms with Gasteiger partial charge in [-0.1, -0.05) is 37.3 Å². The molecule has 0 aliphatic rings. The highest BCUT2D eigenvalue weighted by Gasteiger charge is 2.23. The molecule has 0 aliphatic heterocycles. The summed E-state index contributed by atoms with van der Waals surface area (Å²) in [6, 6.07) is 8.66. The fourth-order valence-electron chi connectivity index (χ4n) is 1.55. The minimum absolute atomic E-state index is 0.0479. The first-order chi connectivity index (χ1) is 8.82. The van der Waals surface area contributed by atoms with Crippen molar-refractivity contribution in [2.24, 2.45) is 5.92 Å². The Hall–Kier alpha value is -1.40. The Morgan fingerprint density at radius 2 is 1.84 bits per heavy atom. The van der Waals surface area contributed by atoms with Crippen molar-refractivity contribution in [3.05, 3.63) is 35.9 Å². The van der Waals surface area contributed by atoms with Crippen LogP contribution in [-0.4, -0.2) is 31.3 Å². The predicted molar refractivity (Wildman–Crippen MR) is 73.3 cm³/mol. The summed E-state index contributed by atoms with van der Waals surface area (Å²) in [5.74, 6) is -1.82. The molecule has 0 saturated carbocycles. The minimum atomic E-state index is -3.47. The number of sulfonamides is 1. The van der Waals surface area contributed by atoms with E-state index in [0.29, 0.717) is 6.42 Å². The third kappa shape index (κ3) is 5.40. The van der Waals surface area contributed by atoms with Gasteiger partial charge in [-0.05, 0) is 18.9 Å². The standard InChI is InChI=1S/C13H19NO4S/c1-10(13(15)16)11(2)14-19(17,18)9-8-12-6-4-3-5-7-12/h3-7,10-11,14H,8-9H2,1-2H3,(H,15,16). The molecule has 6 heteroatoms. The van der Waals surface area contributed by atoms with E-state index in [0.717, 1.165) is 5.56 Å². The molecule has 1 rings (SSSR count). The van der Waals surface area contributed by atoms with Crippen molar-refractivity contribution in [2.75, 3.05) is 5.75 Å². The van der Waals surface area contributed by atoms with E-state index in [-0.39, 0.29) is 5.75 Å². The van der Waals surface area contributed by atoms with Gasteiger partial charge in [0.05, 0.1) is 11.7 Å². The molecule has 0 saturated heterocycles. The average molecular weight is 285 g/mol. The van der Waals surface area contributed by atoms with Gasteiger partial charge in [-0.25, -0.2) is 13.1 Å². The Balaban J connectivity index is 2.55. The highest BCUT2D eigenvalue weighted by Crippen LogP contribution is 2.06. The second-order valence-electron chi connectivity index (χ2n) is 4.59. The van der Waals surface area contributed by atoms with E-state index in [4.69, 9.17) is 5.11 Å². The lowest BCUT2D eigenvalue weighted by Gasteiger charge is -2.17. The number of carboxylic acids is 1. The van der Waals surface area contributed by atoms with Crippen molar-refractivity contribution < 1.29 is 18.3 Å². The maximum absolute atomic E-state index is 11.8. The number of nitrogens with one attached hydrogen (secondary N) is 1. The normalized spacial score (nSPS) is 14.8. The maximum atomic E-state index is 11.8. The number of aliphatic carboxylic acids is 1. The van der Waals surface area contributed by atoms with Crippen LogP contribution in [0.5, 0.6) is 0 Å². The Morgan fingerprint density at radius 1 is 1.26 bits per heavy atom. The summed E-state index contributed by atoms with van der Waals surface area (Å²) in [5, 5.41) is 8.82. The van der Waals surface area contributed by atoms with Crippen LogP contribution in [0.3, 0.4) is 0 Å². The van der Waals surface area contributed by atoms with Gasteiger partial charge in [-0.3, -0.25) is 4.79 Å². The van der Waals surface area contributed by atoms with Gasteiger partial charge < -0.3 is 5.11 Å². The summed E-state index contributed by atoms with van der Waals surface area (Å²) >= 11 is 0. The van der Waals surface area contributed by atoms with Crippen LogP contribution >= 0.6 is 0 Å². The Labute approximate surface area is 113 Å². The minimum Gasteiger partial charge on any atom is -0.481 e. The highest BCUT2D eigenvalue weighted by molar-refractivity contribution is 7.89. The SMILES string of the molecule is CC(NS(=O)(=O)CCc1ccccc1)C(C)C(=O)O. The van der Waals surface area contributed by atoms with Crippen molar-refractivity contribution in [3.8, 4) is 0 Å². The van der Waals surface area contributed by atoms with Crippen LogP contribution in [0.4, 0.5) is 0 Å². The second kappa shape index (κ2) is 6.68. The molecular formula is C13H19NO4S. The third-order valence-electron chi connectivity index (χ3n) is 3.01. The lowest BCUT2D eigenvalue weighted by Crippen LogP contribution is -2.41. The predicted octanol–water partition coefficient (Wildman–Crippen LogP) is 1.26. The summed E-state index contributed by atoms with van der Waals surface area (Å²) < 4.78 is 26.1. The number of carboxylic acid groups (broad SMARTS) is 1. The molecule has 2 unspecified atom stereocenters. The van der Waals surface area contributed by atoms with Crippen LogP contribution in [0.25, 0.3) is 0 Å². The van der Waals surface area contributed by atoms with E-state index in [1.807, 2.05) is 30.3 Å². The quantitative estimate of drug-likeness (QED) is 0.790. The number of hydrogen-bond donors (Lipinski definition) is 2. The molecule has 0 aliphatic carbocycles. The molecule has 5 nitrogen and oxygen atoms in total. The molecule has 1 aromatic carbocycles. The number of aryl methyl sites for hydroxylation is 1. The average Bonchev–Trinajstić information content (AvgIpc) is 2.36. The summed E-state index contributed by atoms with van der Waals surface area (Å²) in [6.07, 6.45) is 0.407. The number of hydrogen-bond acceptors (Lipinski definition) is 3. The lowest BCUT2D eigenvalue weighted by molar-refractivity contribution is -0.141. The van der Waals surface area contributed by atoms with E-state index in [1.54, 1.807) is 6.92 Å². The Bertz CT molecular complexity index is 513. The second-order valence-corrected chi connectivity index (χ2v) is 6.46.